The summed E-state index contributed by atoms with van der Waals surface area (Å²) in [4.78, 5) is 14.6. The first-order chi connectivity index (χ1) is 7.56. The second-order valence-corrected chi connectivity index (χ2v) is 3.72. The molecule has 1 aromatic rings. The van der Waals surface area contributed by atoms with Gasteiger partial charge in [0, 0.05) is 0 Å². The fourth-order valence-electron chi connectivity index (χ4n) is 1.31. The van der Waals surface area contributed by atoms with Gasteiger partial charge in [0.05, 0.1) is 11.7 Å². The first kappa shape index (κ1) is 12.1. The number of nitrogens with zero attached hydrogens (tertiary/aromatic N) is 2. The normalized spacial score (nSPS) is 9.75. The first-order valence-corrected chi connectivity index (χ1v) is 5.05. The third kappa shape index (κ3) is 2.78. The zero-order valence-electron chi connectivity index (χ0n) is 9.60. The minimum Gasteiger partial charge on any atom is -0.454 e. The van der Waals surface area contributed by atoms with Crippen molar-refractivity contribution < 1.29 is 14.3 Å². The average molecular weight is 218 g/mol. The molecule has 1 aromatic carbocycles. The Bertz CT molecular complexity index is 446. The molecule has 0 aliphatic rings. The molecule has 0 aliphatic heterocycles. The molecule has 0 heterocycles. The van der Waals surface area contributed by atoms with Crippen LogP contribution in [0.5, 0.6) is 0 Å². The summed E-state index contributed by atoms with van der Waals surface area (Å²) >= 11 is 0. The third-order valence-corrected chi connectivity index (χ3v) is 2.04. The number of esters is 1. The van der Waals surface area contributed by atoms with Gasteiger partial charge in [-0.1, -0.05) is 18.2 Å². The van der Waals surface area contributed by atoms with Crippen LogP contribution in [-0.4, -0.2) is 22.6 Å². The quantitative estimate of drug-likeness (QED) is 0.337. The number of benzene rings is 1. The molecule has 0 saturated heterocycles. The van der Waals surface area contributed by atoms with E-state index in [-0.39, 0.29) is 11.8 Å². The van der Waals surface area contributed by atoms with Crippen LogP contribution in [0.4, 0.5) is 0 Å². The Labute approximate surface area is 94.5 Å². The Kier molecular flexibility index (Phi) is 3.97. The van der Waals surface area contributed by atoms with Crippen molar-refractivity contribution in [2.45, 2.75) is 26.9 Å². The number of carbonyl (C=O) groups is 1. The van der Waals surface area contributed by atoms with E-state index in [0.717, 1.165) is 5.56 Å². The summed E-state index contributed by atoms with van der Waals surface area (Å²) in [6.45, 7) is 5.32. The summed E-state index contributed by atoms with van der Waals surface area (Å²) in [6.07, 6.45) is -0.242. The van der Waals surface area contributed by atoms with Crippen LogP contribution in [0.3, 0.4) is 0 Å². The SMILES string of the molecule is Cc1ccccc1C(=[N+]=[N-])C(=O)OC(C)C. The van der Waals surface area contributed by atoms with Crippen LogP contribution in [-0.2, 0) is 9.53 Å². The molecule has 0 amide bonds. The fraction of sp³-hybridized carbons (Fsp3) is 0.333. The Morgan fingerprint density at radius 1 is 1.38 bits per heavy atom. The lowest BCUT2D eigenvalue weighted by Crippen LogP contribution is -2.23. The molecule has 0 atom stereocenters. The summed E-state index contributed by atoms with van der Waals surface area (Å²) in [5.74, 6) is -0.619. The van der Waals surface area contributed by atoms with Crippen molar-refractivity contribution >= 4 is 11.7 Å². The van der Waals surface area contributed by atoms with E-state index in [0.29, 0.717) is 5.56 Å². The van der Waals surface area contributed by atoms with Crippen LogP contribution in [0, 0.1) is 6.92 Å². The van der Waals surface area contributed by atoms with Crippen molar-refractivity contribution in [1.82, 2.24) is 0 Å². The highest BCUT2D eigenvalue weighted by Gasteiger charge is 2.26. The summed E-state index contributed by atoms with van der Waals surface area (Å²) in [7, 11) is 0. The van der Waals surface area contributed by atoms with Crippen LogP contribution in [0.25, 0.3) is 5.53 Å². The molecule has 0 fully saturated rings. The molecule has 1 rings (SSSR count). The van der Waals surface area contributed by atoms with Gasteiger partial charge in [0.2, 0.25) is 0 Å². The van der Waals surface area contributed by atoms with Gasteiger partial charge >= 0.3 is 11.7 Å². The van der Waals surface area contributed by atoms with Gasteiger partial charge in [-0.2, -0.15) is 4.79 Å². The molecule has 0 saturated carbocycles. The van der Waals surface area contributed by atoms with E-state index in [1.165, 1.54) is 0 Å². The van der Waals surface area contributed by atoms with Crippen molar-refractivity contribution in [3.05, 3.63) is 40.9 Å². The Balaban J connectivity index is 3.06. The van der Waals surface area contributed by atoms with Crippen LogP contribution >= 0.6 is 0 Å². The standard InChI is InChI=1S/C12H14N2O2/c1-8(2)16-12(15)11(14-13)10-7-5-4-6-9(10)3/h4-8H,1-3H3. The van der Waals surface area contributed by atoms with E-state index in [9.17, 15) is 4.79 Å². The molecule has 0 spiro atoms. The van der Waals surface area contributed by atoms with E-state index in [2.05, 4.69) is 4.79 Å². The van der Waals surface area contributed by atoms with Gasteiger partial charge in [0.15, 0.2) is 0 Å². The minimum absolute atomic E-state index is 0.0631. The van der Waals surface area contributed by atoms with Crippen molar-refractivity contribution in [3.63, 3.8) is 0 Å². The van der Waals surface area contributed by atoms with Crippen molar-refractivity contribution in [1.29, 1.82) is 0 Å². The smallest absolute Gasteiger partial charge is 0.422 e. The van der Waals surface area contributed by atoms with E-state index >= 15 is 0 Å². The molecule has 4 nitrogen and oxygen atoms in total. The van der Waals surface area contributed by atoms with Gasteiger partial charge in [0.25, 0.3) is 0 Å². The molecule has 4 heteroatoms. The van der Waals surface area contributed by atoms with Crippen LogP contribution in [0.2, 0.25) is 0 Å². The lowest BCUT2D eigenvalue weighted by molar-refractivity contribution is -0.143. The maximum absolute atomic E-state index is 11.6. The highest BCUT2D eigenvalue weighted by molar-refractivity contribution is 6.41. The van der Waals surface area contributed by atoms with Gasteiger partial charge in [0.1, 0.15) is 0 Å². The lowest BCUT2D eigenvalue weighted by Gasteiger charge is -2.05. The molecule has 0 N–H and O–H groups in total. The van der Waals surface area contributed by atoms with Crippen LogP contribution in [0.1, 0.15) is 25.0 Å². The zero-order valence-corrected chi connectivity index (χ0v) is 9.60. The molecular weight excluding hydrogens is 204 g/mol. The Hall–Kier alpha value is -1.93. The fourth-order valence-corrected chi connectivity index (χ4v) is 1.31. The lowest BCUT2D eigenvalue weighted by atomic mass is 10.0. The van der Waals surface area contributed by atoms with Gasteiger partial charge in [-0.05, 0) is 32.4 Å². The second-order valence-electron chi connectivity index (χ2n) is 3.72. The maximum Gasteiger partial charge on any atom is 0.422 e. The molecule has 0 bridgehead atoms. The predicted molar refractivity (Wildman–Crippen MR) is 60.1 cm³/mol. The number of rotatable bonds is 3. The monoisotopic (exact) mass is 218 g/mol. The predicted octanol–water partition coefficient (Wildman–Crippen LogP) is 1.97. The van der Waals surface area contributed by atoms with Gasteiger partial charge in [-0.25, -0.2) is 4.79 Å². The molecule has 0 aromatic heterocycles. The largest absolute Gasteiger partial charge is 0.454 e. The zero-order chi connectivity index (χ0) is 12.1. The highest BCUT2D eigenvalue weighted by Crippen LogP contribution is 2.08. The summed E-state index contributed by atoms with van der Waals surface area (Å²) < 4.78 is 4.98. The number of hydrogen-bond donors (Lipinski definition) is 0. The maximum atomic E-state index is 11.6. The molecule has 0 aliphatic carbocycles. The van der Waals surface area contributed by atoms with E-state index in [1.807, 2.05) is 19.1 Å². The number of ether oxygens (including phenoxy) is 1. The van der Waals surface area contributed by atoms with Crippen molar-refractivity contribution in [3.8, 4) is 0 Å². The van der Waals surface area contributed by atoms with Gasteiger partial charge in [-0.3, -0.25) is 0 Å². The molecular formula is C12H14N2O2. The van der Waals surface area contributed by atoms with Gasteiger partial charge < -0.3 is 10.3 Å². The Morgan fingerprint density at radius 2 is 2.00 bits per heavy atom. The van der Waals surface area contributed by atoms with Gasteiger partial charge in [-0.15, -0.1) is 0 Å². The first-order valence-electron chi connectivity index (χ1n) is 5.05. The topological polar surface area (TPSA) is 62.7 Å². The minimum atomic E-state index is -0.619. The van der Waals surface area contributed by atoms with Crippen molar-refractivity contribution in [2.24, 2.45) is 0 Å². The average Bonchev–Trinajstić information content (AvgIpc) is 2.20. The van der Waals surface area contributed by atoms with E-state index in [1.54, 1.807) is 26.0 Å². The van der Waals surface area contributed by atoms with Crippen molar-refractivity contribution in [2.75, 3.05) is 0 Å². The summed E-state index contributed by atoms with van der Waals surface area (Å²) in [6, 6.07) is 7.17. The number of carbonyl (C=O) groups excluding carboxylic acids is 1. The second kappa shape index (κ2) is 5.24. The molecule has 84 valence electrons. The Morgan fingerprint density at radius 3 is 2.50 bits per heavy atom. The number of hydrogen-bond acceptors (Lipinski definition) is 2. The van der Waals surface area contributed by atoms with Crippen LogP contribution in [0.15, 0.2) is 24.3 Å². The molecule has 16 heavy (non-hydrogen) atoms. The highest BCUT2D eigenvalue weighted by atomic mass is 16.5. The third-order valence-electron chi connectivity index (χ3n) is 2.04. The molecule has 0 radical (unpaired) electrons. The summed E-state index contributed by atoms with van der Waals surface area (Å²) in [5, 5.41) is 0. The van der Waals surface area contributed by atoms with Crippen LogP contribution < -0.4 is 0 Å². The molecule has 0 unspecified atom stereocenters. The number of aryl methyl sites for hydroxylation is 1. The van der Waals surface area contributed by atoms with E-state index in [4.69, 9.17) is 10.3 Å². The van der Waals surface area contributed by atoms with E-state index < -0.39 is 5.97 Å². The summed E-state index contributed by atoms with van der Waals surface area (Å²) in [5.41, 5.74) is 10.2.